The summed E-state index contributed by atoms with van der Waals surface area (Å²) < 4.78 is 1.09. The maximum Gasteiger partial charge on any atom is 0.226 e. The van der Waals surface area contributed by atoms with Gasteiger partial charge in [-0.05, 0) is 48.2 Å². The fraction of sp³-hybridized carbons (Fsp3) is 0.316. The first-order valence-electron chi connectivity index (χ1n) is 7.83. The molecule has 3 rings (SSSR count). The Bertz CT molecular complexity index is 690. The van der Waals surface area contributed by atoms with Crippen LogP contribution in [0.1, 0.15) is 24.0 Å². The second-order valence-corrected chi connectivity index (χ2v) is 7.37. The van der Waals surface area contributed by atoms with Crippen molar-refractivity contribution in [3.8, 4) is 0 Å². The standard InChI is InChI=1S/C19H21BrN2O/c1-22(18(23)12-14-2-8-17(21)9-3-14)13-19(10-11-19)15-4-6-16(20)7-5-15/h2-9H,10-13,21H2,1H3. The van der Waals surface area contributed by atoms with Crippen LogP contribution in [0.3, 0.4) is 0 Å². The van der Waals surface area contributed by atoms with Gasteiger partial charge >= 0.3 is 0 Å². The molecule has 2 aromatic carbocycles. The van der Waals surface area contributed by atoms with Gasteiger partial charge in [-0.3, -0.25) is 4.79 Å². The van der Waals surface area contributed by atoms with Crippen molar-refractivity contribution in [1.29, 1.82) is 0 Å². The highest BCUT2D eigenvalue weighted by Gasteiger charge is 2.45. The van der Waals surface area contributed by atoms with E-state index in [0.29, 0.717) is 6.42 Å². The van der Waals surface area contributed by atoms with Crippen molar-refractivity contribution in [2.24, 2.45) is 0 Å². The van der Waals surface area contributed by atoms with Gasteiger partial charge in [0.25, 0.3) is 0 Å². The van der Waals surface area contributed by atoms with Crippen LogP contribution >= 0.6 is 15.9 Å². The van der Waals surface area contributed by atoms with Crippen LogP contribution in [0.4, 0.5) is 5.69 Å². The van der Waals surface area contributed by atoms with Crippen LogP contribution in [0.5, 0.6) is 0 Å². The predicted molar refractivity (Wildman–Crippen MR) is 97.2 cm³/mol. The largest absolute Gasteiger partial charge is 0.399 e. The summed E-state index contributed by atoms with van der Waals surface area (Å²) in [5.74, 6) is 0.151. The van der Waals surface area contributed by atoms with Crippen LogP contribution in [0.2, 0.25) is 0 Å². The normalized spacial score (nSPS) is 15.2. The summed E-state index contributed by atoms with van der Waals surface area (Å²) in [6.07, 6.45) is 2.72. The zero-order valence-electron chi connectivity index (χ0n) is 13.3. The Morgan fingerprint density at radius 3 is 2.30 bits per heavy atom. The van der Waals surface area contributed by atoms with Crippen molar-refractivity contribution in [2.45, 2.75) is 24.7 Å². The monoisotopic (exact) mass is 372 g/mol. The van der Waals surface area contributed by atoms with E-state index < -0.39 is 0 Å². The molecule has 2 N–H and O–H groups in total. The number of amides is 1. The van der Waals surface area contributed by atoms with Crippen molar-refractivity contribution < 1.29 is 4.79 Å². The summed E-state index contributed by atoms with van der Waals surface area (Å²) in [6.45, 7) is 0.780. The Labute approximate surface area is 145 Å². The Morgan fingerprint density at radius 2 is 1.74 bits per heavy atom. The molecule has 0 atom stereocenters. The van der Waals surface area contributed by atoms with Crippen molar-refractivity contribution in [2.75, 3.05) is 19.3 Å². The fourth-order valence-electron chi connectivity index (χ4n) is 2.98. The van der Waals surface area contributed by atoms with Gasteiger partial charge in [-0.25, -0.2) is 0 Å². The maximum absolute atomic E-state index is 12.5. The highest BCUT2D eigenvalue weighted by atomic mass is 79.9. The lowest BCUT2D eigenvalue weighted by atomic mass is 9.95. The van der Waals surface area contributed by atoms with E-state index >= 15 is 0 Å². The third-order valence-electron chi connectivity index (χ3n) is 4.61. The van der Waals surface area contributed by atoms with Crippen LogP contribution in [0.25, 0.3) is 0 Å². The molecule has 120 valence electrons. The molecule has 0 bridgehead atoms. The number of anilines is 1. The van der Waals surface area contributed by atoms with Gasteiger partial charge in [0.05, 0.1) is 6.42 Å². The minimum Gasteiger partial charge on any atom is -0.399 e. The highest BCUT2D eigenvalue weighted by molar-refractivity contribution is 9.10. The molecule has 0 heterocycles. The summed E-state index contributed by atoms with van der Waals surface area (Å²) in [5, 5.41) is 0. The van der Waals surface area contributed by atoms with E-state index in [1.807, 2.05) is 36.2 Å². The van der Waals surface area contributed by atoms with Crippen LogP contribution in [0, 0.1) is 0 Å². The van der Waals surface area contributed by atoms with Gasteiger partial charge in [0.15, 0.2) is 0 Å². The molecule has 1 fully saturated rings. The smallest absolute Gasteiger partial charge is 0.226 e. The number of carbonyl (C=O) groups is 1. The van der Waals surface area contributed by atoms with Crippen molar-refractivity contribution in [1.82, 2.24) is 4.90 Å². The number of nitrogens with two attached hydrogens (primary N) is 1. The van der Waals surface area contributed by atoms with Gasteiger partial charge in [0.2, 0.25) is 5.91 Å². The second-order valence-electron chi connectivity index (χ2n) is 6.46. The first kappa shape index (κ1) is 16.1. The first-order chi connectivity index (χ1) is 11.0. The Kier molecular flexibility index (Phi) is 4.44. The number of nitrogen functional groups attached to an aromatic ring is 1. The zero-order valence-corrected chi connectivity index (χ0v) is 14.8. The first-order valence-corrected chi connectivity index (χ1v) is 8.62. The molecule has 0 spiro atoms. The van der Waals surface area contributed by atoms with E-state index in [9.17, 15) is 4.79 Å². The molecule has 1 aliphatic carbocycles. The van der Waals surface area contributed by atoms with Gasteiger partial charge in [-0.1, -0.05) is 40.2 Å². The highest BCUT2D eigenvalue weighted by Crippen LogP contribution is 2.48. The minimum absolute atomic E-state index is 0.145. The lowest BCUT2D eigenvalue weighted by Gasteiger charge is -2.24. The van der Waals surface area contributed by atoms with Crippen molar-refractivity contribution >= 4 is 27.5 Å². The average molecular weight is 373 g/mol. The molecule has 2 aromatic rings. The SMILES string of the molecule is CN(CC1(c2ccc(Br)cc2)CC1)C(=O)Cc1ccc(N)cc1. The molecule has 0 aromatic heterocycles. The summed E-state index contributed by atoms with van der Waals surface area (Å²) in [6, 6.07) is 16.0. The zero-order chi connectivity index (χ0) is 16.4. The van der Waals surface area contributed by atoms with Crippen LogP contribution in [-0.4, -0.2) is 24.4 Å². The molecule has 0 unspecified atom stereocenters. The minimum atomic E-state index is 0.145. The number of rotatable bonds is 5. The summed E-state index contributed by atoms with van der Waals surface area (Å²) >= 11 is 3.48. The van der Waals surface area contributed by atoms with E-state index in [1.54, 1.807) is 0 Å². The van der Waals surface area contributed by atoms with E-state index in [-0.39, 0.29) is 11.3 Å². The number of likely N-dealkylation sites (N-methyl/N-ethyl adjacent to an activating group) is 1. The molecular weight excluding hydrogens is 352 g/mol. The van der Waals surface area contributed by atoms with Gasteiger partial charge in [-0.2, -0.15) is 0 Å². The molecule has 1 aliphatic rings. The number of nitrogens with zero attached hydrogens (tertiary/aromatic N) is 1. The van der Waals surface area contributed by atoms with Gasteiger partial charge in [0.1, 0.15) is 0 Å². The average Bonchev–Trinajstić information content (AvgIpc) is 3.31. The molecular formula is C19H21BrN2O. The Balaban J connectivity index is 1.64. The fourth-order valence-corrected chi connectivity index (χ4v) is 3.24. The van der Waals surface area contributed by atoms with Crippen LogP contribution in [0.15, 0.2) is 53.0 Å². The molecule has 0 saturated heterocycles. The van der Waals surface area contributed by atoms with Gasteiger partial charge in [-0.15, -0.1) is 0 Å². The molecule has 1 saturated carbocycles. The summed E-state index contributed by atoms with van der Waals surface area (Å²) in [7, 11) is 1.90. The topological polar surface area (TPSA) is 46.3 Å². The van der Waals surface area contributed by atoms with Crippen LogP contribution in [-0.2, 0) is 16.6 Å². The number of benzene rings is 2. The maximum atomic E-state index is 12.5. The Hall–Kier alpha value is -1.81. The third-order valence-corrected chi connectivity index (χ3v) is 5.14. The number of carbonyl (C=O) groups excluding carboxylic acids is 1. The van der Waals surface area contributed by atoms with E-state index in [0.717, 1.165) is 35.1 Å². The lowest BCUT2D eigenvalue weighted by Crippen LogP contribution is -2.35. The quantitative estimate of drug-likeness (QED) is 0.812. The summed E-state index contributed by atoms with van der Waals surface area (Å²) in [5.41, 5.74) is 8.88. The molecule has 23 heavy (non-hydrogen) atoms. The second kappa shape index (κ2) is 6.36. The van der Waals surface area contributed by atoms with Gasteiger partial charge in [0, 0.05) is 29.2 Å². The van der Waals surface area contributed by atoms with Gasteiger partial charge < -0.3 is 10.6 Å². The molecule has 4 heteroatoms. The number of halogens is 1. The molecule has 0 radical (unpaired) electrons. The van der Waals surface area contributed by atoms with E-state index in [1.165, 1.54) is 5.56 Å². The Morgan fingerprint density at radius 1 is 1.13 bits per heavy atom. The lowest BCUT2D eigenvalue weighted by molar-refractivity contribution is -0.129. The number of hydrogen-bond donors (Lipinski definition) is 1. The third kappa shape index (κ3) is 3.75. The van der Waals surface area contributed by atoms with E-state index in [4.69, 9.17) is 5.73 Å². The van der Waals surface area contributed by atoms with Crippen LogP contribution < -0.4 is 5.73 Å². The van der Waals surface area contributed by atoms with Crippen molar-refractivity contribution in [3.05, 3.63) is 64.1 Å². The van der Waals surface area contributed by atoms with Crippen molar-refractivity contribution in [3.63, 3.8) is 0 Å². The molecule has 0 aliphatic heterocycles. The van der Waals surface area contributed by atoms with E-state index in [2.05, 4.69) is 40.2 Å². The molecule has 3 nitrogen and oxygen atoms in total. The molecule has 1 amide bonds. The predicted octanol–water partition coefficient (Wildman–Crippen LogP) is 3.76. The number of hydrogen-bond acceptors (Lipinski definition) is 2. The summed E-state index contributed by atoms with van der Waals surface area (Å²) in [4.78, 5) is 14.3.